The molecule has 0 aromatic heterocycles. The lowest BCUT2D eigenvalue weighted by Gasteiger charge is -2.17. The van der Waals surface area contributed by atoms with E-state index in [9.17, 15) is 18.0 Å². The third-order valence-electron chi connectivity index (χ3n) is 4.31. The SMILES string of the molecule is Cc1ccc(S(=O)(=O)N(C)CC(=O)NNC(=O)CCc2ccc(C)c(Cl)c2)cc1. The molecule has 0 unspecified atom stereocenters. The number of rotatable bonds is 7. The highest BCUT2D eigenvalue weighted by atomic mass is 35.5. The lowest BCUT2D eigenvalue weighted by Crippen LogP contribution is -2.46. The summed E-state index contributed by atoms with van der Waals surface area (Å²) in [5.41, 5.74) is 7.32. The first-order chi connectivity index (χ1) is 13.6. The summed E-state index contributed by atoms with van der Waals surface area (Å²) in [6, 6.07) is 11.9. The number of nitrogens with one attached hydrogen (secondary N) is 2. The molecule has 0 saturated carbocycles. The van der Waals surface area contributed by atoms with Crippen LogP contribution in [0.25, 0.3) is 0 Å². The molecular weight excluding hydrogens is 414 g/mol. The second kappa shape index (κ2) is 9.87. The predicted octanol–water partition coefficient (Wildman–Crippen LogP) is 2.36. The third kappa shape index (κ3) is 6.56. The van der Waals surface area contributed by atoms with Gasteiger partial charge in [-0.1, -0.05) is 41.4 Å². The number of aryl methyl sites for hydroxylation is 3. The number of nitrogens with zero attached hydrogens (tertiary/aromatic N) is 1. The second-order valence-electron chi connectivity index (χ2n) is 6.75. The molecule has 29 heavy (non-hydrogen) atoms. The average molecular weight is 438 g/mol. The molecule has 9 heteroatoms. The van der Waals surface area contributed by atoms with Gasteiger partial charge < -0.3 is 0 Å². The van der Waals surface area contributed by atoms with Gasteiger partial charge in [-0.05, 0) is 49.6 Å². The highest BCUT2D eigenvalue weighted by Gasteiger charge is 2.22. The van der Waals surface area contributed by atoms with E-state index in [0.29, 0.717) is 11.4 Å². The van der Waals surface area contributed by atoms with Crippen LogP contribution < -0.4 is 10.9 Å². The van der Waals surface area contributed by atoms with Crippen molar-refractivity contribution in [3.05, 3.63) is 64.2 Å². The van der Waals surface area contributed by atoms with Crippen molar-refractivity contribution < 1.29 is 18.0 Å². The minimum absolute atomic E-state index is 0.0965. The topological polar surface area (TPSA) is 95.6 Å². The molecule has 2 amide bonds. The first kappa shape index (κ1) is 22.9. The zero-order chi connectivity index (χ0) is 21.6. The van der Waals surface area contributed by atoms with Crippen LogP contribution in [-0.2, 0) is 26.0 Å². The molecule has 2 N–H and O–H groups in total. The lowest BCUT2D eigenvalue weighted by molar-refractivity contribution is -0.128. The Morgan fingerprint density at radius 1 is 1.00 bits per heavy atom. The largest absolute Gasteiger partial charge is 0.273 e. The summed E-state index contributed by atoms with van der Waals surface area (Å²) in [4.78, 5) is 24.0. The van der Waals surface area contributed by atoms with Gasteiger partial charge in [0.25, 0.3) is 5.91 Å². The standard InChI is InChI=1S/C20H24ClN3O4S/c1-14-4-9-17(10-5-14)29(27,28)24(3)13-20(26)23-22-19(25)11-8-16-7-6-15(2)18(21)12-16/h4-7,9-10,12H,8,11,13H2,1-3H3,(H,22,25)(H,23,26). The van der Waals surface area contributed by atoms with Gasteiger partial charge in [-0.2, -0.15) is 4.31 Å². The highest BCUT2D eigenvalue weighted by Crippen LogP contribution is 2.17. The molecule has 7 nitrogen and oxygen atoms in total. The van der Waals surface area contributed by atoms with E-state index in [-0.39, 0.29) is 17.2 Å². The van der Waals surface area contributed by atoms with Crippen molar-refractivity contribution in [1.29, 1.82) is 0 Å². The molecule has 2 aromatic rings. The third-order valence-corrected chi connectivity index (χ3v) is 6.54. The van der Waals surface area contributed by atoms with Crippen molar-refractivity contribution >= 4 is 33.4 Å². The molecule has 0 radical (unpaired) electrons. The first-order valence-corrected chi connectivity index (χ1v) is 10.8. The average Bonchev–Trinajstić information content (AvgIpc) is 2.67. The number of likely N-dealkylation sites (N-methyl/N-ethyl adjacent to an activating group) is 1. The molecule has 0 bridgehead atoms. The van der Waals surface area contributed by atoms with Gasteiger partial charge in [0, 0.05) is 18.5 Å². The van der Waals surface area contributed by atoms with Crippen LogP contribution >= 0.6 is 11.6 Å². The van der Waals surface area contributed by atoms with Crippen molar-refractivity contribution in [2.24, 2.45) is 0 Å². The maximum atomic E-state index is 12.5. The summed E-state index contributed by atoms with van der Waals surface area (Å²) in [6.07, 6.45) is 0.612. The van der Waals surface area contributed by atoms with Crippen LogP contribution in [0, 0.1) is 13.8 Å². The minimum atomic E-state index is -3.80. The predicted molar refractivity (Wildman–Crippen MR) is 112 cm³/mol. The highest BCUT2D eigenvalue weighted by molar-refractivity contribution is 7.89. The Balaban J connectivity index is 1.81. The Labute approximate surface area is 176 Å². The molecule has 0 aliphatic heterocycles. The van der Waals surface area contributed by atoms with Gasteiger partial charge in [0.1, 0.15) is 0 Å². The summed E-state index contributed by atoms with van der Waals surface area (Å²) in [5, 5.41) is 0.633. The summed E-state index contributed by atoms with van der Waals surface area (Å²) in [6.45, 7) is 3.32. The zero-order valence-electron chi connectivity index (χ0n) is 16.5. The summed E-state index contributed by atoms with van der Waals surface area (Å²) in [5.74, 6) is -1.03. The molecule has 0 spiro atoms. The van der Waals surface area contributed by atoms with Crippen LogP contribution in [0.15, 0.2) is 47.4 Å². The van der Waals surface area contributed by atoms with Crippen LogP contribution in [0.3, 0.4) is 0 Å². The number of carbonyl (C=O) groups is 2. The Bertz CT molecular complexity index is 991. The molecule has 2 rings (SSSR count). The Morgan fingerprint density at radius 3 is 2.24 bits per heavy atom. The zero-order valence-corrected chi connectivity index (χ0v) is 18.1. The van der Waals surface area contributed by atoms with Crippen LogP contribution in [0.5, 0.6) is 0 Å². The van der Waals surface area contributed by atoms with E-state index in [4.69, 9.17) is 11.6 Å². The van der Waals surface area contributed by atoms with E-state index in [2.05, 4.69) is 10.9 Å². The number of halogens is 1. The van der Waals surface area contributed by atoms with E-state index in [0.717, 1.165) is 21.0 Å². The van der Waals surface area contributed by atoms with Crippen LogP contribution in [-0.4, -0.2) is 38.1 Å². The number of amides is 2. The fourth-order valence-electron chi connectivity index (χ4n) is 2.47. The fraction of sp³-hybridized carbons (Fsp3) is 0.300. The van der Waals surface area contributed by atoms with Crippen LogP contribution in [0.4, 0.5) is 0 Å². The maximum Gasteiger partial charge on any atom is 0.253 e. The summed E-state index contributed by atoms with van der Waals surface area (Å²) in [7, 11) is -2.49. The number of carbonyl (C=O) groups excluding carboxylic acids is 2. The van der Waals surface area contributed by atoms with Gasteiger partial charge in [-0.3, -0.25) is 20.4 Å². The van der Waals surface area contributed by atoms with Crippen LogP contribution in [0.2, 0.25) is 5.02 Å². The Hall–Kier alpha value is -2.42. The first-order valence-electron chi connectivity index (χ1n) is 8.95. The number of sulfonamides is 1. The van der Waals surface area contributed by atoms with E-state index in [1.165, 1.54) is 19.2 Å². The van der Waals surface area contributed by atoms with Gasteiger partial charge in [0.2, 0.25) is 15.9 Å². The van der Waals surface area contributed by atoms with Crippen molar-refractivity contribution in [1.82, 2.24) is 15.2 Å². The van der Waals surface area contributed by atoms with E-state index in [1.54, 1.807) is 18.2 Å². The normalized spacial score (nSPS) is 11.3. The fourth-order valence-corrected chi connectivity index (χ4v) is 3.80. The Kier molecular flexibility index (Phi) is 7.78. The smallest absolute Gasteiger partial charge is 0.253 e. The van der Waals surface area contributed by atoms with E-state index < -0.39 is 22.5 Å². The summed E-state index contributed by atoms with van der Waals surface area (Å²) >= 11 is 6.06. The molecule has 2 aromatic carbocycles. The number of hydrazine groups is 1. The van der Waals surface area contributed by atoms with Gasteiger partial charge in [0.15, 0.2) is 0 Å². The maximum absolute atomic E-state index is 12.5. The molecule has 0 heterocycles. The molecule has 0 atom stereocenters. The van der Waals surface area contributed by atoms with Gasteiger partial charge in [-0.15, -0.1) is 0 Å². The van der Waals surface area contributed by atoms with Gasteiger partial charge in [-0.25, -0.2) is 8.42 Å². The van der Waals surface area contributed by atoms with Crippen molar-refractivity contribution in [3.8, 4) is 0 Å². The number of hydrogen-bond acceptors (Lipinski definition) is 4. The minimum Gasteiger partial charge on any atom is -0.273 e. The quantitative estimate of drug-likeness (QED) is 0.650. The second-order valence-corrected chi connectivity index (χ2v) is 9.21. The van der Waals surface area contributed by atoms with E-state index in [1.807, 2.05) is 26.0 Å². The van der Waals surface area contributed by atoms with Crippen molar-refractivity contribution in [2.45, 2.75) is 31.6 Å². The molecular formula is C20H24ClN3O4S. The molecule has 0 saturated heterocycles. The van der Waals surface area contributed by atoms with Gasteiger partial charge in [0.05, 0.1) is 11.4 Å². The monoisotopic (exact) mass is 437 g/mol. The molecule has 156 valence electrons. The van der Waals surface area contributed by atoms with E-state index >= 15 is 0 Å². The lowest BCUT2D eigenvalue weighted by atomic mass is 10.1. The van der Waals surface area contributed by atoms with Crippen molar-refractivity contribution in [2.75, 3.05) is 13.6 Å². The number of benzene rings is 2. The van der Waals surface area contributed by atoms with Crippen molar-refractivity contribution in [3.63, 3.8) is 0 Å². The summed E-state index contributed by atoms with van der Waals surface area (Å²) < 4.78 is 25.9. The van der Waals surface area contributed by atoms with Gasteiger partial charge >= 0.3 is 0 Å². The molecule has 0 aliphatic carbocycles. The molecule has 0 fully saturated rings. The van der Waals surface area contributed by atoms with Crippen LogP contribution in [0.1, 0.15) is 23.1 Å². The molecule has 0 aliphatic rings. The Morgan fingerprint density at radius 2 is 1.62 bits per heavy atom. The number of hydrogen-bond donors (Lipinski definition) is 2.